The van der Waals surface area contributed by atoms with E-state index in [1.807, 2.05) is 0 Å². The summed E-state index contributed by atoms with van der Waals surface area (Å²) >= 11 is 0. The highest BCUT2D eigenvalue weighted by atomic mass is 19.1. The molecule has 0 aliphatic carbocycles. The zero-order chi connectivity index (χ0) is 18.1. The maximum Gasteiger partial charge on any atom is 0.265 e. The van der Waals surface area contributed by atoms with Gasteiger partial charge in [-0.15, -0.1) is 0 Å². The Balaban J connectivity index is 1.77. The first-order valence-electron chi connectivity index (χ1n) is 7.80. The van der Waals surface area contributed by atoms with Crippen molar-refractivity contribution in [1.29, 1.82) is 0 Å². The molecule has 5 nitrogen and oxygen atoms in total. The highest BCUT2D eigenvalue weighted by molar-refractivity contribution is 6.18. The third-order valence-corrected chi connectivity index (χ3v) is 3.89. The maximum atomic E-state index is 13.1. The first kappa shape index (κ1) is 15.8. The van der Waals surface area contributed by atoms with Crippen molar-refractivity contribution in [3.05, 3.63) is 89.8 Å². The Bertz CT molecular complexity index is 1090. The average molecular weight is 349 g/mol. The first-order chi connectivity index (χ1) is 12.6. The van der Waals surface area contributed by atoms with Gasteiger partial charge in [0.25, 0.3) is 11.7 Å². The quantitative estimate of drug-likeness (QED) is 0.544. The molecule has 0 unspecified atom stereocenters. The van der Waals surface area contributed by atoms with Gasteiger partial charge in [0.1, 0.15) is 11.4 Å². The average Bonchev–Trinajstić information content (AvgIpc) is 3.30. The molecule has 4 aromatic rings. The van der Waals surface area contributed by atoms with Gasteiger partial charge in [-0.1, -0.05) is 12.1 Å². The summed E-state index contributed by atoms with van der Waals surface area (Å²) < 4.78 is 23.9. The summed E-state index contributed by atoms with van der Waals surface area (Å²) in [7, 11) is 0. The van der Waals surface area contributed by atoms with Crippen molar-refractivity contribution in [3.63, 3.8) is 0 Å². The molecule has 0 atom stereocenters. The summed E-state index contributed by atoms with van der Waals surface area (Å²) in [6.45, 7) is 0. The van der Waals surface area contributed by atoms with Gasteiger partial charge in [-0.2, -0.15) is 0 Å². The lowest BCUT2D eigenvalue weighted by atomic mass is 10.1. The van der Waals surface area contributed by atoms with Crippen LogP contribution in [0.15, 0.2) is 75.8 Å². The number of hydrogen-bond donors (Lipinski definition) is 1. The molecule has 6 heteroatoms. The summed E-state index contributed by atoms with van der Waals surface area (Å²) in [5, 5.41) is 3.28. The second kappa shape index (κ2) is 6.33. The monoisotopic (exact) mass is 349 g/mol. The van der Waals surface area contributed by atoms with Gasteiger partial charge in [0.05, 0.1) is 12.0 Å². The summed E-state index contributed by atoms with van der Waals surface area (Å²) in [6.07, 6.45) is 1.38. The molecule has 0 spiro atoms. The molecule has 26 heavy (non-hydrogen) atoms. The van der Waals surface area contributed by atoms with Crippen LogP contribution in [-0.4, -0.2) is 11.7 Å². The van der Waals surface area contributed by atoms with Gasteiger partial charge in [0.15, 0.2) is 5.76 Å². The van der Waals surface area contributed by atoms with Crippen molar-refractivity contribution in [2.24, 2.45) is 0 Å². The summed E-state index contributed by atoms with van der Waals surface area (Å²) in [5.41, 5.74) is 0.959. The molecular weight excluding hydrogens is 337 g/mol. The fourth-order valence-corrected chi connectivity index (χ4v) is 2.64. The summed E-state index contributed by atoms with van der Waals surface area (Å²) in [6, 6.07) is 15.2. The van der Waals surface area contributed by atoms with E-state index in [1.165, 1.54) is 36.6 Å². The number of carbonyl (C=O) groups is 2. The molecule has 128 valence electrons. The minimum atomic E-state index is -0.486. The number of halogens is 1. The molecular formula is C20H12FNO4. The van der Waals surface area contributed by atoms with E-state index in [4.69, 9.17) is 8.83 Å². The van der Waals surface area contributed by atoms with E-state index in [2.05, 4.69) is 5.32 Å². The Morgan fingerprint density at radius 1 is 0.923 bits per heavy atom. The molecule has 0 aliphatic rings. The molecule has 0 radical (unpaired) electrons. The molecule has 2 heterocycles. The van der Waals surface area contributed by atoms with Crippen LogP contribution >= 0.6 is 0 Å². The van der Waals surface area contributed by atoms with Crippen molar-refractivity contribution < 1.29 is 22.8 Å². The second-order valence-corrected chi connectivity index (χ2v) is 5.57. The van der Waals surface area contributed by atoms with Gasteiger partial charge in [0, 0.05) is 10.9 Å². The molecule has 0 saturated carbocycles. The van der Waals surface area contributed by atoms with Crippen LogP contribution in [0.3, 0.4) is 0 Å². The highest BCUT2D eigenvalue weighted by Crippen LogP contribution is 2.33. The SMILES string of the molecule is O=C(Nc1c(C(=O)c2ccco2)oc2ccccc12)c1ccc(F)cc1. The van der Waals surface area contributed by atoms with Crippen molar-refractivity contribution in [3.8, 4) is 0 Å². The van der Waals surface area contributed by atoms with Crippen molar-refractivity contribution in [2.75, 3.05) is 5.32 Å². The second-order valence-electron chi connectivity index (χ2n) is 5.57. The fraction of sp³-hybridized carbons (Fsp3) is 0. The number of benzene rings is 2. The standard InChI is InChI=1S/C20H12FNO4/c21-13-9-7-12(8-10-13)20(24)22-17-14-4-1-2-5-15(14)26-19(17)18(23)16-6-3-11-25-16/h1-11H,(H,22,24). The van der Waals surface area contributed by atoms with Gasteiger partial charge in [-0.25, -0.2) is 4.39 Å². The first-order valence-corrected chi connectivity index (χ1v) is 7.80. The number of ketones is 1. The van der Waals surface area contributed by atoms with E-state index < -0.39 is 17.5 Å². The lowest BCUT2D eigenvalue weighted by Gasteiger charge is -2.05. The largest absolute Gasteiger partial charge is 0.461 e. The number of rotatable bonds is 4. The minimum absolute atomic E-state index is 0.0309. The fourth-order valence-electron chi connectivity index (χ4n) is 2.64. The molecule has 0 bridgehead atoms. The third-order valence-electron chi connectivity index (χ3n) is 3.89. The van der Waals surface area contributed by atoms with E-state index in [0.29, 0.717) is 11.0 Å². The molecule has 0 fully saturated rings. The van der Waals surface area contributed by atoms with Crippen molar-refractivity contribution in [2.45, 2.75) is 0 Å². The zero-order valence-electron chi connectivity index (χ0n) is 13.4. The molecule has 2 aromatic carbocycles. The van der Waals surface area contributed by atoms with E-state index in [1.54, 1.807) is 30.3 Å². The van der Waals surface area contributed by atoms with E-state index in [9.17, 15) is 14.0 Å². The van der Waals surface area contributed by atoms with Gasteiger partial charge in [-0.3, -0.25) is 9.59 Å². The van der Waals surface area contributed by atoms with Gasteiger partial charge in [-0.05, 0) is 48.5 Å². The predicted octanol–water partition coefficient (Wildman–Crippen LogP) is 4.65. The number of para-hydroxylation sites is 1. The Labute approximate surface area is 147 Å². The van der Waals surface area contributed by atoms with E-state index in [-0.39, 0.29) is 22.8 Å². The zero-order valence-corrected chi connectivity index (χ0v) is 13.4. The molecule has 1 N–H and O–H groups in total. The van der Waals surface area contributed by atoms with Crippen LogP contribution in [0.1, 0.15) is 26.7 Å². The Morgan fingerprint density at radius 3 is 2.42 bits per heavy atom. The van der Waals surface area contributed by atoms with E-state index >= 15 is 0 Å². The number of carbonyl (C=O) groups excluding carboxylic acids is 2. The normalized spacial score (nSPS) is 10.8. The van der Waals surface area contributed by atoms with Gasteiger partial charge in [0.2, 0.25) is 5.76 Å². The maximum absolute atomic E-state index is 13.1. The smallest absolute Gasteiger partial charge is 0.265 e. The number of hydrogen-bond acceptors (Lipinski definition) is 4. The lowest BCUT2D eigenvalue weighted by Crippen LogP contribution is -2.14. The molecule has 2 aromatic heterocycles. The Hall–Kier alpha value is -3.67. The minimum Gasteiger partial charge on any atom is -0.461 e. The van der Waals surface area contributed by atoms with Crippen molar-refractivity contribution >= 4 is 28.3 Å². The highest BCUT2D eigenvalue weighted by Gasteiger charge is 2.25. The van der Waals surface area contributed by atoms with Crippen LogP contribution < -0.4 is 5.32 Å². The molecule has 0 saturated heterocycles. The summed E-state index contributed by atoms with van der Waals surface area (Å²) in [5.74, 6) is -1.34. The number of fused-ring (bicyclic) bond motifs is 1. The van der Waals surface area contributed by atoms with Gasteiger partial charge < -0.3 is 14.2 Å². The van der Waals surface area contributed by atoms with Crippen LogP contribution in [0.4, 0.5) is 10.1 Å². The van der Waals surface area contributed by atoms with Crippen LogP contribution in [0, 0.1) is 5.82 Å². The number of nitrogens with one attached hydrogen (secondary N) is 1. The van der Waals surface area contributed by atoms with Crippen LogP contribution in [0.2, 0.25) is 0 Å². The summed E-state index contributed by atoms with van der Waals surface area (Å²) in [4.78, 5) is 25.2. The Morgan fingerprint density at radius 2 is 1.69 bits per heavy atom. The molecule has 1 amide bonds. The molecule has 4 rings (SSSR count). The van der Waals surface area contributed by atoms with Crippen LogP contribution in [0.25, 0.3) is 11.0 Å². The Kier molecular flexibility index (Phi) is 3.85. The van der Waals surface area contributed by atoms with Crippen LogP contribution in [-0.2, 0) is 0 Å². The van der Waals surface area contributed by atoms with Crippen molar-refractivity contribution in [1.82, 2.24) is 0 Å². The number of furan rings is 2. The predicted molar refractivity (Wildman–Crippen MR) is 92.7 cm³/mol. The third kappa shape index (κ3) is 2.77. The number of anilines is 1. The number of amides is 1. The van der Waals surface area contributed by atoms with E-state index in [0.717, 1.165) is 0 Å². The molecule has 0 aliphatic heterocycles. The topological polar surface area (TPSA) is 72.5 Å². The lowest BCUT2D eigenvalue weighted by molar-refractivity contribution is 0.0986. The van der Waals surface area contributed by atoms with Crippen LogP contribution in [0.5, 0.6) is 0 Å². The van der Waals surface area contributed by atoms with Gasteiger partial charge >= 0.3 is 0 Å².